The molecule has 0 saturated heterocycles. The molecule has 0 saturated carbocycles. The predicted octanol–water partition coefficient (Wildman–Crippen LogP) is 8.52. The SMILES string of the molecule is CC(C)c1ccc(S(C)(=O)=O)cc1Cl.COc1cc(OC)cc(C(C)C)c1.Cc1ccc(C(C)C)c(C)n1. The number of hydrogen-bond donors (Lipinski definition) is 0. The monoisotopic (exact) mass is 561 g/mol. The van der Waals surface area contributed by atoms with Gasteiger partial charge in [0.25, 0.3) is 0 Å². The molecule has 2 aromatic carbocycles. The third-order valence-electron chi connectivity index (χ3n) is 5.95. The Morgan fingerprint density at radius 1 is 0.737 bits per heavy atom. The van der Waals surface area contributed by atoms with Crippen molar-refractivity contribution < 1.29 is 17.9 Å². The number of sulfone groups is 1. The van der Waals surface area contributed by atoms with Gasteiger partial charge in [-0.2, -0.15) is 0 Å². The quantitative estimate of drug-likeness (QED) is 0.302. The zero-order valence-electron chi connectivity index (χ0n) is 24.7. The zero-order valence-corrected chi connectivity index (χ0v) is 26.3. The van der Waals surface area contributed by atoms with Gasteiger partial charge in [-0.25, -0.2) is 8.42 Å². The van der Waals surface area contributed by atoms with Crippen molar-refractivity contribution in [2.24, 2.45) is 0 Å². The van der Waals surface area contributed by atoms with Crippen LogP contribution >= 0.6 is 11.6 Å². The fraction of sp³-hybridized carbons (Fsp3) is 0.452. The number of rotatable bonds is 6. The first-order valence-electron chi connectivity index (χ1n) is 12.8. The molecule has 0 spiro atoms. The number of nitrogens with zero attached hydrogens (tertiary/aromatic N) is 1. The molecule has 0 fully saturated rings. The molecule has 0 aliphatic heterocycles. The minimum atomic E-state index is -3.15. The third kappa shape index (κ3) is 10.7. The van der Waals surface area contributed by atoms with Crippen LogP contribution in [0, 0.1) is 13.8 Å². The van der Waals surface area contributed by atoms with E-state index in [1.165, 1.54) is 29.1 Å². The molecule has 3 rings (SSSR count). The first-order valence-corrected chi connectivity index (χ1v) is 15.0. The largest absolute Gasteiger partial charge is 0.497 e. The number of aryl methyl sites for hydroxylation is 2. The fourth-order valence-corrected chi connectivity index (χ4v) is 4.79. The van der Waals surface area contributed by atoms with Gasteiger partial charge >= 0.3 is 0 Å². The van der Waals surface area contributed by atoms with Crippen LogP contribution in [0.25, 0.3) is 0 Å². The van der Waals surface area contributed by atoms with E-state index in [0.717, 1.165) is 22.8 Å². The number of pyridine rings is 1. The second kappa shape index (κ2) is 15.1. The van der Waals surface area contributed by atoms with Crippen molar-refractivity contribution in [3.8, 4) is 11.5 Å². The lowest BCUT2D eigenvalue weighted by Crippen LogP contribution is -1.98. The molecule has 0 atom stereocenters. The summed E-state index contributed by atoms with van der Waals surface area (Å²) in [7, 11) is 0.179. The van der Waals surface area contributed by atoms with Crippen LogP contribution in [-0.4, -0.2) is 33.9 Å². The number of hydrogen-bond acceptors (Lipinski definition) is 5. The van der Waals surface area contributed by atoms with Gasteiger partial charge in [0, 0.05) is 28.7 Å². The topological polar surface area (TPSA) is 65.5 Å². The summed E-state index contributed by atoms with van der Waals surface area (Å²) in [6, 6.07) is 15.1. The van der Waals surface area contributed by atoms with Crippen LogP contribution in [-0.2, 0) is 9.84 Å². The second-order valence-corrected chi connectivity index (χ2v) is 12.6. The number of benzene rings is 2. The summed E-state index contributed by atoms with van der Waals surface area (Å²) < 4.78 is 32.8. The molecule has 0 unspecified atom stereocenters. The lowest BCUT2D eigenvalue weighted by Gasteiger charge is -2.10. The zero-order chi connectivity index (χ0) is 29.2. The standard InChI is InChI=1S/C11H16O2.C10H13ClO2S.C10H15N/c1-8(2)9-5-10(12-3)7-11(6-9)13-4;1-7(2)9-5-4-8(6-10(9)11)14(3,12)13;1-7(2)10-6-5-8(3)11-9(10)4/h5-8H,1-4H3;4-7H,1-3H3;5-7H,1-4H3. The maximum absolute atomic E-state index is 11.2. The molecule has 0 amide bonds. The Labute approximate surface area is 235 Å². The number of aromatic nitrogens is 1. The first-order chi connectivity index (χ1) is 17.6. The van der Waals surface area contributed by atoms with Gasteiger partial charge in [0.15, 0.2) is 9.84 Å². The van der Waals surface area contributed by atoms with E-state index in [1.54, 1.807) is 26.4 Å². The molecule has 1 heterocycles. The van der Waals surface area contributed by atoms with E-state index in [2.05, 4.69) is 51.7 Å². The van der Waals surface area contributed by atoms with Crippen LogP contribution in [0.2, 0.25) is 5.02 Å². The van der Waals surface area contributed by atoms with Crippen LogP contribution < -0.4 is 9.47 Å². The van der Waals surface area contributed by atoms with E-state index in [0.29, 0.717) is 22.8 Å². The van der Waals surface area contributed by atoms with Gasteiger partial charge in [0.2, 0.25) is 0 Å². The van der Waals surface area contributed by atoms with Gasteiger partial charge in [-0.1, -0.05) is 65.3 Å². The Balaban J connectivity index is 0.000000287. The van der Waals surface area contributed by atoms with Crippen molar-refractivity contribution in [3.63, 3.8) is 0 Å². The number of methoxy groups -OCH3 is 2. The summed E-state index contributed by atoms with van der Waals surface area (Å²) >= 11 is 5.97. The summed E-state index contributed by atoms with van der Waals surface area (Å²) in [5, 5.41) is 0.517. The van der Waals surface area contributed by atoms with Gasteiger partial charge in [0.05, 0.1) is 19.1 Å². The Morgan fingerprint density at radius 2 is 1.24 bits per heavy atom. The number of halogens is 1. The maximum Gasteiger partial charge on any atom is 0.175 e. The predicted molar refractivity (Wildman–Crippen MR) is 160 cm³/mol. The van der Waals surface area contributed by atoms with Gasteiger partial charge in [-0.15, -0.1) is 0 Å². The lowest BCUT2D eigenvalue weighted by molar-refractivity contribution is 0.393. The highest BCUT2D eigenvalue weighted by Gasteiger charge is 2.11. The summed E-state index contributed by atoms with van der Waals surface area (Å²) in [4.78, 5) is 4.67. The average Bonchev–Trinajstić information content (AvgIpc) is 2.83. The van der Waals surface area contributed by atoms with E-state index in [4.69, 9.17) is 21.1 Å². The van der Waals surface area contributed by atoms with E-state index in [9.17, 15) is 8.42 Å². The third-order valence-corrected chi connectivity index (χ3v) is 7.39. The maximum atomic E-state index is 11.2. The molecule has 7 heteroatoms. The van der Waals surface area contributed by atoms with Gasteiger partial charge in [-0.05, 0) is 78.6 Å². The molecule has 1 aromatic heterocycles. The normalized spacial score (nSPS) is 11.0. The molecule has 0 bridgehead atoms. The van der Waals surface area contributed by atoms with Crippen LogP contribution in [0.3, 0.4) is 0 Å². The van der Waals surface area contributed by atoms with Crippen LogP contribution in [0.1, 0.15) is 87.4 Å². The molecule has 3 aromatic rings. The molecule has 5 nitrogen and oxygen atoms in total. The Morgan fingerprint density at radius 3 is 1.61 bits per heavy atom. The van der Waals surface area contributed by atoms with Crippen LogP contribution in [0.5, 0.6) is 11.5 Å². The highest BCUT2D eigenvalue weighted by atomic mass is 35.5. The van der Waals surface area contributed by atoms with E-state index >= 15 is 0 Å². The van der Waals surface area contributed by atoms with Crippen molar-refractivity contribution in [2.45, 2.75) is 78.0 Å². The van der Waals surface area contributed by atoms with Gasteiger partial charge in [-0.3, -0.25) is 4.98 Å². The van der Waals surface area contributed by atoms with E-state index in [-0.39, 0.29) is 4.90 Å². The molecule has 0 aliphatic carbocycles. The number of ether oxygens (including phenoxy) is 2. The smallest absolute Gasteiger partial charge is 0.175 e. The van der Waals surface area contributed by atoms with Crippen molar-refractivity contribution in [3.05, 3.63) is 81.6 Å². The van der Waals surface area contributed by atoms with Gasteiger partial charge in [0.1, 0.15) is 11.5 Å². The highest BCUT2D eigenvalue weighted by Crippen LogP contribution is 2.27. The van der Waals surface area contributed by atoms with Crippen LogP contribution in [0.4, 0.5) is 0 Å². The first kappa shape index (κ1) is 33.5. The minimum Gasteiger partial charge on any atom is -0.497 e. The summed E-state index contributed by atoms with van der Waals surface area (Å²) in [6.07, 6.45) is 1.17. The van der Waals surface area contributed by atoms with Crippen LogP contribution in [0.15, 0.2) is 53.4 Å². The average molecular weight is 562 g/mol. The van der Waals surface area contributed by atoms with Crippen molar-refractivity contribution in [1.29, 1.82) is 0 Å². The summed E-state index contributed by atoms with van der Waals surface area (Å²) in [5.41, 5.74) is 5.83. The minimum absolute atomic E-state index is 0.270. The summed E-state index contributed by atoms with van der Waals surface area (Å²) in [6.45, 7) is 16.8. The van der Waals surface area contributed by atoms with Crippen molar-refractivity contribution >= 4 is 21.4 Å². The lowest BCUT2D eigenvalue weighted by atomic mass is 10.0. The van der Waals surface area contributed by atoms with Crippen molar-refractivity contribution in [2.75, 3.05) is 20.5 Å². The Hall–Kier alpha value is -2.57. The molecule has 0 aliphatic rings. The molecule has 38 heavy (non-hydrogen) atoms. The molecular weight excluding hydrogens is 518 g/mol. The molecule has 0 radical (unpaired) electrons. The molecule has 210 valence electrons. The van der Waals surface area contributed by atoms with Crippen molar-refractivity contribution in [1.82, 2.24) is 4.98 Å². The fourth-order valence-electron chi connectivity index (χ4n) is 3.68. The molecular formula is C31H44ClNO4S. The molecule has 0 N–H and O–H groups in total. The highest BCUT2D eigenvalue weighted by molar-refractivity contribution is 7.90. The van der Waals surface area contributed by atoms with E-state index in [1.807, 2.05) is 39.0 Å². The van der Waals surface area contributed by atoms with E-state index < -0.39 is 9.84 Å². The van der Waals surface area contributed by atoms with Gasteiger partial charge < -0.3 is 9.47 Å². The Kier molecular flexibility index (Phi) is 13.3. The second-order valence-electron chi connectivity index (χ2n) is 10.2. The Bertz CT molecular complexity index is 1260. The summed E-state index contributed by atoms with van der Waals surface area (Å²) in [5.74, 6) is 3.08.